The van der Waals surface area contributed by atoms with Crippen LogP contribution in [0.3, 0.4) is 0 Å². The van der Waals surface area contributed by atoms with Crippen molar-refractivity contribution >= 4 is 23.4 Å². The number of likely N-dealkylation sites (tertiary alicyclic amines) is 1. The van der Waals surface area contributed by atoms with E-state index < -0.39 is 6.10 Å². The summed E-state index contributed by atoms with van der Waals surface area (Å²) in [5, 5.41) is 12.8. The van der Waals surface area contributed by atoms with Gasteiger partial charge in [-0.1, -0.05) is 17.7 Å². The van der Waals surface area contributed by atoms with Crippen LogP contribution in [0.5, 0.6) is 11.5 Å². The first kappa shape index (κ1) is 20.0. The fourth-order valence-electron chi connectivity index (χ4n) is 3.18. The molecule has 1 saturated heterocycles. The lowest BCUT2D eigenvalue weighted by Gasteiger charge is -2.33. The Bertz CT molecular complexity index is 833. The van der Waals surface area contributed by atoms with Crippen LogP contribution in [-0.4, -0.2) is 47.1 Å². The van der Waals surface area contributed by atoms with Gasteiger partial charge in [0, 0.05) is 29.7 Å². The van der Waals surface area contributed by atoms with Crippen molar-refractivity contribution in [3.63, 3.8) is 0 Å². The second-order valence-electron chi connectivity index (χ2n) is 6.84. The Labute approximate surface area is 169 Å². The molecule has 2 N–H and O–H groups in total. The molecule has 2 aromatic carbocycles. The molecule has 1 heterocycles. The van der Waals surface area contributed by atoms with Crippen molar-refractivity contribution in [2.45, 2.75) is 31.9 Å². The number of amides is 2. The summed E-state index contributed by atoms with van der Waals surface area (Å²) in [4.78, 5) is 26.7. The molecule has 2 amide bonds. The maximum absolute atomic E-state index is 12.6. The summed E-state index contributed by atoms with van der Waals surface area (Å²) in [5.41, 5.74) is 0.530. The van der Waals surface area contributed by atoms with Gasteiger partial charge < -0.3 is 20.1 Å². The summed E-state index contributed by atoms with van der Waals surface area (Å²) in [6.07, 6.45) is 0.746. The standard InChI is InChI=1S/C21H23ClN2O4/c1-14(28-19-7-5-18(25)6-8-19)21(27)24-11-9-17(10-12-24)23-20(26)15-3-2-4-16(22)13-15/h2-8,13-14,17,25H,9-12H2,1H3,(H,23,26). The first-order valence-corrected chi connectivity index (χ1v) is 9.61. The molecular formula is C21H23ClN2O4. The second-order valence-corrected chi connectivity index (χ2v) is 7.27. The van der Waals surface area contributed by atoms with E-state index in [0.29, 0.717) is 42.3 Å². The van der Waals surface area contributed by atoms with E-state index in [1.807, 2.05) is 0 Å². The number of aromatic hydroxyl groups is 1. The predicted octanol–water partition coefficient (Wildman–Crippen LogP) is 3.23. The minimum Gasteiger partial charge on any atom is -0.508 e. The molecule has 0 bridgehead atoms. The average Bonchev–Trinajstić information content (AvgIpc) is 2.69. The normalized spacial score (nSPS) is 15.7. The fraction of sp³-hybridized carbons (Fsp3) is 0.333. The van der Waals surface area contributed by atoms with Gasteiger partial charge >= 0.3 is 0 Å². The summed E-state index contributed by atoms with van der Waals surface area (Å²) < 4.78 is 5.66. The van der Waals surface area contributed by atoms with Crippen LogP contribution in [0.2, 0.25) is 5.02 Å². The Balaban J connectivity index is 1.48. The first-order chi connectivity index (χ1) is 13.4. The van der Waals surface area contributed by atoms with Gasteiger partial charge in [-0.3, -0.25) is 9.59 Å². The number of carbonyl (C=O) groups excluding carboxylic acids is 2. The number of nitrogens with one attached hydrogen (secondary N) is 1. The number of phenolic OH excluding ortho intramolecular Hbond substituents is 1. The summed E-state index contributed by atoms with van der Waals surface area (Å²) in [6, 6.07) is 13.1. The Hall–Kier alpha value is -2.73. The third-order valence-electron chi connectivity index (χ3n) is 4.73. The first-order valence-electron chi connectivity index (χ1n) is 9.23. The number of phenols is 1. The molecule has 7 heteroatoms. The van der Waals surface area contributed by atoms with Crippen LogP contribution in [0.15, 0.2) is 48.5 Å². The third-order valence-corrected chi connectivity index (χ3v) is 4.96. The quantitative estimate of drug-likeness (QED) is 0.804. The zero-order valence-corrected chi connectivity index (χ0v) is 16.4. The molecule has 28 heavy (non-hydrogen) atoms. The van der Waals surface area contributed by atoms with E-state index in [1.54, 1.807) is 48.2 Å². The van der Waals surface area contributed by atoms with Crippen LogP contribution in [0.4, 0.5) is 0 Å². The zero-order valence-electron chi connectivity index (χ0n) is 15.6. The number of piperidine rings is 1. The molecule has 0 aromatic heterocycles. The molecule has 0 spiro atoms. The van der Waals surface area contributed by atoms with Crippen LogP contribution < -0.4 is 10.1 Å². The van der Waals surface area contributed by atoms with Crippen molar-refractivity contribution in [1.82, 2.24) is 10.2 Å². The van der Waals surface area contributed by atoms with Gasteiger partial charge in [0.1, 0.15) is 11.5 Å². The average molecular weight is 403 g/mol. The molecule has 6 nitrogen and oxygen atoms in total. The van der Waals surface area contributed by atoms with Crippen LogP contribution >= 0.6 is 11.6 Å². The Kier molecular flexibility index (Phi) is 6.41. The molecule has 2 aromatic rings. The van der Waals surface area contributed by atoms with Crippen LogP contribution in [0.1, 0.15) is 30.1 Å². The second kappa shape index (κ2) is 8.97. The number of ether oxygens (including phenoxy) is 1. The summed E-state index contributed by atoms with van der Waals surface area (Å²) in [6.45, 7) is 2.83. The van der Waals surface area contributed by atoms with Gasteiger partial charge in [0.15, 0.2) is 6.10 Å². The molecule has 3 rings (SSSR count). The Morgan fingerprint density at radius 1 is 1.18 bits per heavy atom. The van der Waals surface area contributed by atoms with Crippen molar-refractivity contribution in [2.24, 2.45) is 0 Å². The lowest BCUT2D eigenvalue weighted by Crippen LogP contribution is -2.49. The smallest absolute Gasteiger partial charge is 0.263 e. The van der Waals surface area contributed by atoms with Gasteiger partial charge in [-0.05, 0) is 62.2 Å². The molecule has 1 unspecified atom stereocenters. The topological polar surface area (TPSA) is 78.9 Å². The Morgan fingerprint density at radius 3 is 2.50 bits per heavy atom. The van der Waals surface area contributed by atoms with Crippen molar-refractivity contribution in [3.05, 3.63) is 59.1 Å². The minimum absolute atomic E-state index is 0.0175. The molecule has 1 aliphatic rings. The number of hydrogen-bond acceptors (Lipinski definition) is 4. The molecule has 1 aliphatic heterocycles. The highest BCUT2D eigenvalue weighted by Gasteiger charge is 2.27. The van der Waals surface area contributed by atoms with Crippen LogP contribution in [-0.2, 0) is 4.79 Å². The fourth-order valence-corrected chi connectivity index (χ4v) is 3.37. The molecule has 0 saturated carbocycles. The van der Waals surface area contributed by atoms with E-state index in [-0.39, 0.29) is 23.6 Å². The van der Waals surface area contributed by atoms with E-state index in [1.165, 1.54) is 12.1 Å². The maximum Gasteiger partial charge on any atom is 0.263 e. The lowest BCUT2D eigenvalue weighted by atomic mass is 10.0. The number of hydrogen-bond donors (Lipinski definition) is 2. The van der Waals surface area contributed by atoms with E-state index in [4.69, 9.17) is 16.3 Å². The van der Waals surface area contributed by atoms with Crippen molar-refractivity contribution in [3.8, 4) is 11.5 Å². The SMILES string of the molecule is CC(Oc1ccc(O)cc1)C(=O)N1CCC(NC(=O)c2cccc(Cl)c2)CC1. The molecule has 148 valence electrons. The van der Waals surface area contributed by atoms with Gasteiger partial charge in [0.05, 0.1) is 0 Å². The van der Waals surface area contributed by atoms with Crippen molar-refractivity contribution in [2.75, 3.05) is 13.1 Å². The van der Waals surface area contributed by atoms with Gasteiger partial charge in [-0.25, -0.2) is 0 Å². The molecular weight excluding hydrogens is 380 g/mol. The van der Waals surface area contributed by atoms with E-state index in [9.17, 15) is 14.7 Å². The van der Waals surface area contributed by atoms with Gasteiger partial charge in [-0.15, -0.1) is 0 Å². The Morgan fingerprint density at radius 2 is 1.86 bits per heavy atom. The van der Waals surface area contributed by atoms with Gasteiger partial charge in [0.25, 0.3) is 11.8 Å². The predicted molar refractivity (Wildman–Crippen MR) is 107 cm³/mol. The van der Waals surface area contributed by atoms with Crippen LogP contribution in [0.25, 0.3) is 0 Å². The largest absolute Gasteiger partial charge is 0.508 e. The third kappa shape index (κ3) is 5.16. The van der Waals surface area contributed by atoms with E-state index >= 15 is 0 Å². The highest BCUT2D eigenvalue weighted by atomic mass is 35.5. The summed E-state index contributed by atoms with van der Waals surface area (Å²) >= 11 is 5.93. The van der Waals surface area contributed by atoms with Gasteiger partial charge in [-0.2, -0.15) is 0 Å². The van der Waals surface area contributed by atoms with E-state index in [2.05, 4.69) is 5.32 Å². The number of rotatable bonds is 5. The van der Waals surface area contributed by atoms with Gasteiger partial charge in [0.2, 0.25) is 0 Å². The molecule has 0 radical (unpaired) electrons. The minimum atomic E-state index is -0.623. The zero-order chi connectivity index (χ0) is 20.1. The summed E-state index contributed by atoms with van der Waals surface area (Å²) in [7, 11) is 0. The number of benzene rings is 2. The molecule has 0 aliphatic carbocycles. The number of halogens is 1. The van der Waals surface area contributed by atoms with E-state index in [0.717, 1.165) is 0 Å². The summed E-state index contributed by atoms with van der Waals surface area (Å²) in [5.74, 6) is 0.430. The lowest BCUT2D eigenvalue weighted by molar-refractivity contribution is -0.139. The number of nitrogens with zero attached hydrogens (tertiary/aromatic N) is 1. The monoisotopic (exact) mass is 402 g/mol. The number of carbonyl (C=O) groups is 2. The van der Waals surface area contributed by atoms with Crippen molar-refractivity contribution < 1.29 is 19.4 Å². The van der Waals surface area contributed by atoms with Crippen molar-refractivity contribution in [1.29, 1.82) is 0 Å². The maximum atomic E-state index is 12.6. The molecule has 1 atom stereocenters. The highest BCUT2D eigenvalue weighted by molar-refractivity contribution is 6.30. The van der Waals surface area contributed by atoms with Crippen LogP contribution in [0, 0.1) is 0 Å². The molecule has 1 fully saturated rings. The highest BCUT2D eigenvalue weighted by Crippen LogP contribution is 2.19.